The van der Waals surface area contributed by atoms with E-state index in [4.69, 9.17) is 60.3 Å². The van der Waals surface area contributed by atoms with E-state index >= 15 is 0 Å². The van der Waals surface area contributed by atoms with Gasteiger partial charge in [0.15, 0.2) is 0 Å². The summed E-state index contributed by atoms with van der Waals surface area (Å²) in [6.07, 6.45) is 0. The van der Waals surface area contributed by atoms with E-state index in [9.17, 15) is 0 Å². The number of hydrogen-bond acceptors (Lipinski definition) is 12. The monoisotopic (exact) mass is 294 g/mol. The van der Waals surface area contributed by atoms with Gasteiger partial charge < -0.3 is 60.3 Å². The van der Waals surface area contributed by atoms with Crippen molar-refractivity contribution in [2.45, 2.75) is 0 Å². The average molecular weight is 293 g/mol. The van der Waals surface area contributed by atoms with Crippen LogP contribution in [-0.2, 0) is 18.6 Å². The molecule has 12 nitrogen and oxygen atoms in total. The Balaban J connectivity index is -0.0000000369. The quantitative estimate of drug-likeness (QED) is 0.205. The summed E-state index contributed by atoms with van der Waals surface area (Å²) in [5.74, 6) is 0. The SMILES string of the molecule is OB(O)O.OB(O)O.[O-]B([O-])O.[O-]B([O-])[O-].[V]. The maximum atomic E-state index is 8.53. The van der Waals surface area contributed by atoms with Crippen LogP contribution in [0.15, 0.2) is 0 Å². The van der Waals surface area contributed by atoms with Crippen LogP contribution in [0.4, 0.5) is 0 Å². The molecule has 0 fully saturated rings. The Morgan fingerprint density at radius 2 is 0.529 bits per heavy atom. The minimum atomic E-state index is -2.92. The van der Waals surface area contributed by atoms with Crippen LogP contribution in [0, 0.1) is 0 Å². The van der Waals surface area contributed by atoms with Crippen LogP contribution in [0.25, 0.3) is 0 Å². The second-order valence-electron chi connectivity index (χ2n) is 1.29. The van der Waals surface area contributed by atoms with Crippen LogP contribution in [0.3, 0.4) is 0 Å². The summed E-state index contributed by atoms with van der Waals surface area (Å²) in [5.41, 5.74) is 0. The molecule has 101 valence electrons. The van der Waals surface area contributed by atoms with Gasteiger partial charge in [0.25, 0.3) is 0 Å². The zero-order valence-corrected chi connectivity index (χ0v) is 9.33. The predicted molar refractivity (Wildman–Crippen MR) is 38.5 cm³/mol. The van der Waals surface area contributed by atoms with Gasteiger partial charge in [-0.15, -0.1) is 0 Å². The molecular weight excluding hydrogens is 286 g/mol. The van der Waals surface area contributed by atoms with Gasteiger partial charge in [0.1, 0.15) is 0 Å². The van der Waals surface area contributed by atoms with Gasteiger partial charge in [0.2, 0.25) is 0 Å². The summed E-state index contributed by atoms with van der Waals surface area (Å²) in [5, 5.41) is 92.3. The Bertz CT molecular complexity index is 61.5. The fraction of sp³-hybridized carbons (Fsp3) is 0. The maximum Gasteiger partial charge on any atom is 0.631 e. The molecule has 0 aromatic carbocycles. The minimum Gasteiger partial charge on any atom is -0.907 e. The Hall–Kier alpha value is 0.364. The molecule has 0 aromatic heterocycles. The largest absolute Gasteiger partial charge is 0.907 e. The van der Waals surface area contributed by atoms with Gasteiger partial charge in [0.05, 0.1) is 7.32 Å². The van der Waals surface area contributed by atoms with Crippen molar-refractivity contribution in [2.24, 2.45) is 0 Å². The van der Waals surface area contributed by atoms with Gasteiger partial charge in [-0.05, 0) is 0 Å². The second-order valence-corrected chi connectivity index (χ2v) is 1.29. The fourth-order valence-corrected chi connectivity index (χ4v) is 0. The molecule has 0 spiro atoms. The molecular formula is H7B4O12V-5. The van der Waals surface area contributed by atoms with Gasteiger partial charge in [0, 0.05) is 18.6 Å². The van der Waals surface area contributed by atoms with Crippen molar-refractivity contribution in [1.82, 2.24) is 0 Å². The molecule has 17 heteroatoms. The molecule has 0 amide bonds. The molecule has 0 aliphatic carbocycles. The van der Waals surface area contributed by atoms with E-state index in [1.807, 2.05) is 0 Å². The first-order valence-electron chi connectivity index (χ1n) is 2.99. The first-order valence-corrected chi connectivity index (χ1v) is 2.99. The minimum absolute atomic E-state index is 0. The molecule has 0 unspecified atom stereocenters. The van der Waals surface area contributed by atoms with Crippen LogP contribution in [0.5, 0.6) is 0 Å². The molecule has 0 aliphatic heterocycles. The van der Waals surface area contributed by atoms with Crippen molar-refractivity contribution < 1.29 is 78.8 Å². The molecule has 7 N–H and O–H groups in total. The summed E-state index contributed by atoms with van der Waals surface area (Å²) in [6, 6.07) is 0. The van der Waals surface area contributed by atoms with Crippen molar-refractivity contribution in [2.75, 3.05) is 0 Å². The Labute approximate surface area is 109 Å². The van der Waals surface area contributed by atoms with Gasteiger partial charge in [-0.2, -0.15) is 0 Å². The number of rotatable bonds is 0. The van der Waals surface area contributed by atoms with Crippen molar-refractivity contribution in [3.8, 4) is 0 Å². The van der Waals surface area contributed by atoms with Gasteiger partial charge in [-0.25, -0.2) is 0 Å². The Morgan fingerprint density at radius 3 is 0.529 bits per heavy atom. The van der Waals surface area contributed by atoms with Crippen molar-refractivity contribution in [3.05, 3.63) is 0 Å². The standard InChI is InChI=1S/2BH3O3.BHO3.BO3.V/c4*2-1(3)4;/h2*2-4H;2H;;/q;;-2;-3;. The first kappa shape index (κ1) is 30.4. The topological polar surface area (TPSA) is 257 Å². The molecule has 17 heavy (non-hydrogen) atoms. The van der Waals surface area contributed by atoms with Crippen molar-refractivity contribution in [1.29, 1.82) is 0 Å². The molecule has 0 saturated heterocycles. The predicted octanol–water partition coefficient (Wildman–Crippen LogP) is -11.4. The maximum absolute atomic E-state index is 8.53. The van der Waals surface area contributed by atoms with E-state index in [1.54, 1.807) is 0 Å². The smallest absolute Gasteiger partial charge is 0.631 e. The van der Waals surface area contributed by atoms with E-state index in [-0.39, 0.29) is 18.6 Å². The number of hydrogen-bond donors (Lipinski definition) is 7. The van der Waals surface area contributed by atoms with Crippen LogP contribution < -0.4 is 25.1 Å². The first-order chi connectivity index (χ1) is 6.93. The molecule has 1 radical (unpaired) electrons. The van der Waals surface area contributed by atoms with Crippen molar-refractivity contribution >= 4 is 29.3 Å². The summed E-state index contributed by atoms with van der Waals surface area (Å²) >= 11 is 0. The van der Waals surface area contributed by atoms with Gasteiger partial charge in [-0.1, -0.05) is 0 Å². The van der Waals surface area contributed by atoms with E-state index < -0.39 is 29.3 Å². The molecule has 0 saturated carbocycles. The van der Waals surface area contributed by atoms with E-state index in [0.717, 1.165) is 0 Å². The Morgan fingerprint density at radius 1 is 0.529 bits per heavy atom. The van der Waals surface area contributed by atoms with Crippen LogP contribution in [-0.4, -0.2) is 64.5 Å². The fourth-order valence-electron chi connectivity index (χ4n) is 0. The second kappa shape index (κ2) is 25.3. The van der Waals surface area contributed by atoms with Crippen LogP contribution in [0.2, 0.25) is 0 Å². The Kier molecular flexibility index (Phi) is 45.2. The summed E-state index contributed by atoms with van der Waals surface area (Å²) in [4.78, 5) is 0. The third-order valence-electron chi connectivity index (χ3n) is 0. The molecule has 0 aliphatic rings. The zero-order valence-electron chi connectivity index (χ0n) is 7.93. The molecule has 0 bridgehead atoms. The van der Waals surface area contributed by atoms with Gasteiger partial charge in [-0.3, -0.25) is 7.32 Å². The summed E-state index contributed by atoms with van der Waals surface area (Å²) < 4.78 is 0. The zero-order chi connectivity index (χ0) is 14.3. The van der Waals surface area contributed by atoms with Crippen LogP contribution >= 0.6 is 0 Å². The van der Waals surface area contributed by atoms with E-state index in [2.05, 4.69) is 0 Å². The normalized spacial score (nSPS) is 6.35. The third-order valence-corrected chi connectivity index (χ3v) is 0. The van der Waals surface area contributed by atoms with Gasteiger partial charge >= 0.3 is 14.6 Å². The van der Waals surface area contributed by atoms with E-state index in [1.165, 1.54) is 0 Å². The molecule has 0 atom stereocenters. The molecule has 0 rings (SSSR count). The van der Waals surface area contributed by atoms with Crippen LogP contribution in [0.1, 0.15) is 0 Å². The summed E-state index contributed by atoms with van der Waals surface area (Å²) in [7, 11) is -9.92. The molecule has 0 heterocycles. The van der Waals surface area contributed by atoms with E-state index in [0.29, 0.717) is 0 Å². The third kappa shape index (κ3) is 25500. The summed E-state index contributed by atoms with van der Waals surface area (Å²) in [6.45, 7) is 0. The van der Waals surface area contributed by atoms with Crippen molar-refractivity contribution in [3.63, 3.8) is 0 Å². The average Bonchev–Trinajstić information content (AvgIpc) is 1.76. The molecule has 0 aromatic rings.